The van der Waals surface area contributed by atoms with E-state index in [1.807, 2.05) is 0 Å². The van der Waals surface area contributed by atoms with E-state index < -0.39 is 0 Å². The van der Waals surface area contributed by atoms with E-state index in [0.717, 1.165) is 6.42 Å². The van der Waals surface area contributed by atoms with Crippen LogP contribution in [-0.4, -0.2) is 52.4 Å². The first-order chi connectivity index (χ1) is 9.54. The van der Waals surface area contributed by atoms with E-state index in [1.54, 1.807) is 24.1 Å². The standard InChI is InChI=1S/C13H18N4O3/c1-9-14-5-3-12(16-9)20-11-4-6-17(8-11)13(19)7-15-10(2)18/h3,5,11H,4,6-8H2,1-2H3,(H,15,18)/t11-/m1/s1. The zero-order valence-electron chi connectivity index (χ0n) is 11.6. The van der Waals surface area contributed by atoms with Gasteiger partial charge in [-0.2, -0.15) is 4.98 Å². The molecule has 20 heavy (non-hydrogen) atoms. The number of ether oxygens (including phenoxy) is 1. The minimum absolute atomic E-state index is 0.0364. The number of hydrogen-bond acceptors (Lipinski definition) is 5. The Morgan fingerprint density at radius 3 is 3.05 bits per heavy atom. The molecule has 2 rings (SSSR count). The molecule has 1 fully saturated rings. The molecule has 0 aliphatic carbocycles. The number of nitrogens with zero attached hydrogens (tertiary/aromatic N) is 3. The SMILES string of the molecule is CC(=O)NCC(=O)N1CC[C@@H](Oc2ccnc(C)n2)C1. The Kier molecular flexibility index (Phi) is 4.49. The Hall–Kier alpha value is -2.18. The van der Waals surface area contributed by atoms with Crippen LogP contribution in [0.5, 0.6) is 5.88 Å². The summed E-state index contributed by atoms with van der Waals surface area (Å²) in [7, 11) is 0. The van der Waals surface area contributed by atoms with Crippen LogP contribution in [0.25, 0.3) is 0 Å². The van der Waals surface area contributed by atoms with Crippen molar-refractivity contribution >= 4 is 11.8 Å². The van der Waals surface area contributed by atoms with Crippen LogP contribution in [0, 0.1) is 6.92 Å². The lowest BCUT2D eigenvalue weighted by atomic mass is 10.3. The summed E-state index contributed by atoms with van der Waals surface area (Å²) in [6, 6.07) is 1.70. The lowest BCUT2D eigenvalue weighted by Gasteiger charge is -2.17. The van der Waals surface area contributed by atoms with Gasteiger partial charge in [0, 0.05) is 32.2 Å². The number of amides is 2. The number of aromatic nitrogens is 2. The predicted octanol–water partition coefficient (Wildman–Crippen LogP) is -0.0992. The van der Waals surface area contributed by atoms with E-state index in [1.165, 1.54) is 6.92 Å². The van der Waals surface area contributed by atoms with Gasteiger partial charge in [0.05, 0.1) is 13.1 Å². The molecule has 1 N–H and O–H groups in total. The topological polar surface area (TPSA) is 84.4 Å². The molecule has 0 radical (unpaired) electrons. The average molecular weight is 278 g/mol. The van der Waals surface area contributed by atoms with Crippen molar-refractivity contribution in [2.24, 2.45) is 0 Å². The van der Waals surface area contributed by atoms with Gasteiger partial charge in [0.1, 0.15) is 11.9 Å². The zero-order valence-corrected chi connectivity index (χ0v) is 11.6. The highest BCUT2D eigenvalue weighted by Gasteiger charge is 2.27. The highest BCUT2D eigenvalue weighted by Crippen LogP contribution is 2.16. The third-order valence-electron chi connectivity index (χ3n) is 3.02. The zero-order chi connectivity index (χ0) is 14.5. The summed E-state index contributed by atoms with van der Waals surface area (Å²) in [6.07, 6.45) is 2.34. The largest absolute Gasteiger partial charge is 0.472 e. The molecule has 1 atom stereocenters. The van der Waals surface area contributed by atoms with Gasteiger partial charge in [0.2, 0.25) is 17.7 Å². The smallest absolute Gasteiger partial charge is 0.242 e. The molecule has 7 heteroatoms. The first kappa shape index (κ1) is 14.2. The minimum Gasteiger partial charge on any atom is -0.472 e. The molecule has 1 saturated heterocycles. The van der Waals surface area contributed by atoms with Crippen LogP contribution in [0.2, 0.25) is 0 Å². The molecule has 0 saturated carbocycles. The van der Waals surface area contributed by atoms with E-state index >= 15 is 0 Å². The molecule has 2 heterocycles. The van der Waals surface area contributed by atoms with Gasteiger partial charge in [-0.05, 0) is 6.92 Å². The summed E-state index contributed by atoms with van der Waals surface area (Å²) < 4.78 is 5.73. The maximum absolute atomic E-state index is 11.8. The van der Waals surface area contributed by atoms with Gasteiger partial charge in [0.15, 0.2) is 0 Å². The summed E-state index contributed by atoms with van der Waals surface area (Å²) in [5.74, 6) is 0.879. The van der Waals surface area contributed by atoms with Crippen LogP contribution in [0.4, 0.5) is 0 Å². The molecule has 0 aromatic carbocycles. The van der Waals surface area contributed by atoms with Crippen molar-refractivity contribution in [3.05, 3.63) is 18.1 Å². The van der Waals surface area contributed by atoms with E-state index in [4.69, 9.17) is 4.74 Å². The Morgan fingerprint density at radius 1 is 1.55 bits per heavy atom. The van der Waals surface area contributed by atoms with Crippen molar-refractivity contribution in [3.8, 4) is 5.88 Å². The second kappa shape index (κ2) is 6.31. The first-order valence-electron chi connectivity index (χ1n) is 6.53. The molecule has 0 unspecified atom stereocenters. The minimum atomic E-state index is -0.207. The lowest BCUT2D eigenvalue weighted by molar-refractivity contribution is -0.131. The van der Waals surface area contributed by atoms with E-state index in [-0.39, 0.29) is 24.5 Å². The van der Waals surface area contributed by atoms with Crippen molar-refractivity contribution in [2.75, 3.05) is 19.6 Å². The van der Waals surface area contributed by atoms with Crippen LogP contribution in [0.1, 0.15) is 19.2 Å². The summed E-state index contributed by atoms with van der Waals surface area (Å²) in [5.41, 5.74) is 0. The molecule has 1 aromatic rings. The van der Waals surface area contributed by atoms with Crippen LogP contribution in [-0.2, 0) is 9.59 Å². The number of rotatable bonds is 4. The van der Waals surface area contributed by atoms with Gasteiger partial charge >= 0.3 is 0 Å². The van der Waals surface area contributed by atoms with Crippen LogP contribution in [0.15, 0.2) is 12.3 Å². The lowest BCUT2D eigenvalue weighted by Crippen LogP contribution is -2.39. The molecule has 2 amide bonds. The fourth-order valence-corrected chi connectivity index (χ4v) is 2.03. The number of carbonyl (C=O) groups excluding carboxylic acids is 2. The van der Waals surface area contributed by atoms with Crippen LogP contribution in [0.3, 0.4) is 0 Å². The van der Waals surface area contributed by atoms with Crippen molar-refractivity contribution in [1.29, 1.82) is 0 Å². The molecule has 1 aliphatic rings. The summed E-state index contributed by atoms with van der Waals surface area (Å²) >= 11 is 0. The molecule has 108 valence electrons. The molecule has 0 bridgehead atoms. The molecule has 1 aromatic heterocycles. The maximum Gasteiger partial charge on any atom is 0.242 e. The van der Waals surface area contributed by atoms with Gasteiger partial charge < -0.3 is 15.0 Å². The molecular weight excluding hydrogens is 260 g/mol. The van der Waals surface area contributed by atoms with Gasteiger partial charge in [-0.3, -0.25) is 9.59 Å². The highest BCUT2D eigenvalue weighted by atomic mass is 16.5. The third-order valence-corrected chi connectivity index (χ3v) is 3.02. The van der Waals surface area contributed by atoms with E-state index in [9.17, 15) is 9.59 Å². The Bertz CT molecular complexity index is 506. The predicted molar refractivity (Wildman–Crippen MR) is 71.1 cm³/mol. The second-order valence-electron chi connectivity index (χ2n) is 4.72. The van der Waals surface area contributed by atoms with E-state index in [0.29, 0.717) is 24.8 Å². The third kappa shape index (κ3) is 3.91. The number of aryl methyl sites for hydroxylation is 1. The van der Waals surface area contributed by atoms with Crippen molar-refractivity contribution < 1.29 is 14.3 Å². The fourth-order valence-electron chi connectivity index (χ4n) is 2.03. The number of carbonyl (C=O) groups is 2. The summed E-state index contributed by atoms with van der Waals surface area (Å²) in [6.45, 7) is 4.37. The van der Waals surface area contributed by atoms with Crippen molar-refractivity contribution in [2.45, 2.75) is 26.4 Å². The summed E-state index contributed by atoms with van der Waals surface area (Å²) in [4.78, 5) is 32.5. The first-order valence-corrected chi connectivity index (χ1v) is 6.53. The van der Waals surface area contributed by atoms with E-state index in [2.05, 4.69) is 15.3 Å². The van der Waals surface area contributed by atoms with Crippen molar-refractivity contribution in [1.82, 2.24) is 20.2 Å². The van der Waals surface area contributed by atoms with Gasteiger partial charge in [-0.1, -0.05) is 0 Å². The van der Waals surface area contributed by atoms with Gasteiger partial charge in [-0.25, -0.2) is 4.98 Å². The fraction of sp³-hybridized carbons (Fsp3) is 0.538. The Morgan fingerprint density at radius 2 is 2.35 bits per heavy atom. The molecule has 1 aliphatic heterocycles. The Labute approximate surface area is 117 Å². The average Bonchev–Trinajstić information content (AvgIpc) is 2.84. The highest BCUT2D eigenvalue weighted by molar-refractivity contribution is 5.83. The van der Waals surface area contributed by atoms with Crippen molar-refractivity contribution in [3.63, 3.8) is 0 Å². The molecule has 7 nitrogen and oxygen atoms in total. The summed E-state index contributed by atoms with van der Waals surface area (Å²) in [5, 5.41) is 2.50. The normalized spacial score (nSPS) is 17.9. The number of likely N-dealkylation sites (tertiary alicyclic amines) is 1. The second-order valence-corrected chi connectivity index (χ2v) is 4.72. The van der Waals surface area contributed by atoms with Gasteiger partial charge in [0.25, 0.3) is 0 Å². The monoisotopic (exact) mass is 278 g/mol. The maximum atomic E-state index is 11.8. The number of nitrogens with one attached hydrogen (secondary N) is 1. The van der Waals surface area contributed by atoms with Gasteiger partial charge in [-0.15, -0.1) is 0 Å². The molecular formula is C13H18N4O3. The van der Waals surface area contributed by atoms with Crippen LogP contribution >= 0.6 is 0 Å². The number of hydrogen-bond donors (Lipinski definition) is 1. The molecule has 0 spiro atoms. The Balaban J connectivity index is 1.83. The quantitative estimate of drug-likeness (QED) is 0.831. The van der Waals surface area contributed by atoms with Crippen LogP contribution < -0.4 is 10.1 Å².